The molecule has 2 aromatic rings. The first-order valence-corrected chi connectivity index (χ1v) is 8.57. The third kappa shape index (κ3) is 4.57. The Balaban J connectivity index is 1.48. The third-order valence-electron chi connectivity index (χ3n) is 4.69. The molecule has 0 saturated heterocycles. The highest BCUT2D eigenvalue weighted by Gasteiger charge is 2.21. The predicted octanol–water partition coefficient (Wildman–Crippen LogP) is 2.36. The van der Waals surface area contributed by atoms with Crippen molar-refractivity contribution in [1.82, 2.24) is 20.2 Å². The van der Waals surface area contributed by atoms with Crippen LogP contribution in [0.15, 0.2) is 36.9 Å². The zero-order chi connectivity index (χ0) is 17.6. The van der Waals surface area contributed by atoms with Crippen LogP contribution >= 0.6 is 0 Å². The summed E-state index contributed by atoms with van der Waals surface area (Å²) in [5.74, 6) is -0.00173. The van der Waals surface area contributed by atoms with Crippen LogP contribution in [0.5, 0.6) is 0 Å². The molecule has 25 heavy (non-hydrogen) atoms. The number of carbonyl (C=O) groups excluding carboxylic acids is 1. The van der Waals surface area contributed by atoms with Crippen LogP contribution in [-0.4, -0.2) is 33.3 Å². The van der Waals surface area contributed by atoms with Crippen molar-refractivity contribution in [3.8, 4) is 5.69 Å². The number of aliphatic hydroxyl groups is 1. The highest BCUT2D eigenvalue weighted by Crippen LogP contribution is 2.23. The largest absolute Gasteiger partial charge is 0.396 e. The van der Waals surface area contributed by atoms with Gasteiger partial charge in [0.15, 0.2) is 0 Å². The van der Waals surface area contributed by atoms with Gasteiger partial charge in [0.25, 0.3) is 0 Å². The van der Waals surface area contributed by atoms with E-state index in [2.05, 4.69) is 15.6 Å². The number of imidazole rings is 1. The molecular weight excluding hydrogens is 323 g/mol. The molecule has 0 radical (unpaired) electrons. The number of nitrogens with one attached hydrogen (secondary N) is 2. The van der Waals surface area contributed by atoms with Gasteiger partial charge in [-0.1, -0.05) is 6.07 Å². The highest BCUT2D eigenvalue weighted by molar-refractivity contribution is 5.74. The molecule has 1 aliphatic rings. The van der Waals surface area contributed by atoms with E-state index in [1.165, 1.54) is 12.4 Å². The fourth-order valence-corrected chi connectivity index (χ4v) is 3.18. The summed E-state index contributed by atoms with van der Waals surface area (Å²) in [6.45, 7) is 0.485. The van der Waals surface area contributed by atoms with Crippen LogP contribution in [0.1, 0.15) is 31.2 Å². The molecular formula is C18H23FN4O2. The predicted molar refractivity (Wildman–Crippen MR) is 91.7 cm³/mol. The van der Waals surface area contributed by atoms with Crippen LogP contribution < -0.4 is 10.6 Å². The standard InChI is InChI=1S/C18H23FN4O2/c19-16-9-14(3-6-17(16)23-8-7-20-12-23)10-21-18(25)22-15-4-1-13(11-24)2-5-15/h3,6-9,12-13,15,24H,1-2,4-5,10-11H2,(H2,21,22,25). The fourth-order valence-electron chi connectivity index (χ4n) is 3.18. The van der Waals surface area contributed by atoms with E-state index in [0.717, 1.165) is 25.7 Å². The number of urea groups is 1. The Bertz CT molecular complexity index is 697. The molecule has 0 aliphatic heterocycles. The number of nitrogens with zero attached hydrogens (tertiary/aromatic N) is 2. The SMILES string of the molecule is O=C(NCc1ccc(-n2ccnc2)c(F)c1)NC1CCC(CO)CC1. The van der Waals surface area contributed by atoms with Crippen molar-refractivity contribution >= 4 is 6.03 Å². The molecule has 1 aliphatic carbocycles. The summed E-state index contributed by atoms with van der Waals surface area (Å²) in [7, 11) is 0. The van der Waals surface area contributed by atoms with Gasteiger partial charge in [-0.05, 0) is 49.3 Å². The van der Waals surface area contributed by atoms with Crippen molar-refractivity contribution in [1.29, 1.82) is 0 Å². The Hall–Kier alpha value is -2.41. The molecule has 1 aromatic heterocycles. The minimum absolute atomic E-state index is 0.142. The van der Waals surface area contributed by atoms with Gasteiger partial charge in [0.05, 0.1) is 12.0 Å². The summed E-state index contributed by atoms with van der Waals surface area (Å²) in [6.07, 6.45) is 8.43. The summed E-state index contributed by atoms with van der Waals surface area (Å²) in [4.78, 5) is 15.9. The van der Waals surface area contributed by atoms with Crippen LogP contribution in [0, 0.1) is 11.7 Å². The van der Waals surface area contributed by atoms with E-state index < -0.39 is 0 Å². The second-order valence-electron chi connectivity index (χ2n) is 6.48. The van der Waals surface area contributed by atoms with Crippen molar-refractivity contribution < 1.29 is 14.3 Å². The van der Waals surface area contributed by atoms with Gasteiger partial charge in [0, 0.05) is 31.6 Å². The van der Waals surface area contributed by atoms with E-state index in [-0.39, 0.29) is 31.0 Å². The minimum atomic E-state index is -0.361. The number of aromatic nitrogens is 2. The van der Waals surface area contributed by atoms with Crippen molar-refractivity contribution in [3.05, 3.63) is 48.3 Å². The molecule has 1 saturated carbocycles. The molecule has 0 bridgehead atoms. The van der Waals surface area contributed by atoms with Crippen LogP contribution in [0.4, 0.5) is 9.18 Å². The third-order valence-corrected chi connectivity index (χ3v) is 4.69. The maximum atomic E-state index is 14.2. The van der Waals surface area contributed by atoms with Gasteiger partial charge in [-0.15, -0.1) is 0 Å². The average Bonchev–Trinajstić information content (AvgIpc) is 3.15. The first kappa shape index (κ1) is 17.4. The number of carbonyl (C=O) groups is 1. The number of hydrogen-bond donors (Lipinski definition) is 3. The van der Waals surface area contributed by atoms with E-state index in [1.54, 1.807) is 29.1 Å². The quantitative estimate of drug-likeness (QED) is 0.778. The van der Waals surface area contributed by atoms with Crippen molar-refractivity contribution in [2.75, 3.05) is 6.61 Å². The van der Waals surface area contributed by atoms with Crippen molar-refractivity contribution in [2.24, 2.45) is 5.92 Å². The number of rotatable bonds is 5. The molecule has 2 amide bonds. The van der Waals surface area contributed by atoms with Crippen molar-refractivity contribution in [2.45, 2.75) is 38.3 Å². The molecule has 3 rings (SSSR count). The molecule has 1 fully saturated rings. The maximum Gasteiger partial charge on any atom is 0.315 e. The molecule has 134 valence electrons. The highest BCUT2D eigenvalue weighted by atomic mass is 19.1. The second-order valence-corrected chi connectivity index (χ2v) is 6.48. The lowest BCUT2D eigenvalue weighted by Gasteiger charge is -2.27. The monoisotopic (exact) mass is 346 g/mol. The molecule has 7 heteroatoms. The van der Waals surface area contributed by atoms with Crippen LogP contribution in [0.25, 0.3) is 5.69 Å². The number of benzene rings is 1. The average molecular weight is 346 g/mol. The summed E-state index contributed by atoms with van der Waals surface area (Å²) in [5.41, 5.74) is 1.12. The molecule has 1 heterocycles. The Morgan fingerprint density at radius 1 is 1.32 bits per heavy atom. The Kier molecular flexibility index (Phi) is 5.65. The molecule has 0 unspecified atom stereocenters. The lowest BCUT2D eigenvalue weighted by atomic mass is 9.87. The zero-order valence-corrected chi connectivity index (χ0v) is 14.0. The first-order chi connectivity index (χ1) is 12.2. The van der Waals surface area contributed by atoms with E-state index in [4.69, 9.17) is 5.11 Å². The van der Waals surface area contributed by atoms with Gasteiger partial charge in [0.2, 0.25) is 0 Å². The molecule has 1 aromatic carbocycles. The minimum Gasteiger partial charge on any atom is -0.396 e. The van der Waals surface area contributed by atoms with Gasteiger partial charge < -0.3 is 20.3 Å². The van der Waals surface area contributed by atoms with E-state index >= 15 is 0 Å². The normalized spacial score (nSPS) is 20.2. The van der Waals surface area contributed by atoms with Crippen LogP contribution in [0.2, 0.25) is 0 Å². The molecule has 3 N–H and O–H groups in total. The lowest BCUT2D eigenvalue weighted by molar-refractivity contribution is 0.174. The van der Waals surface area contributed by atoms with Crippen molar-refractivity contribution in [3.63, 3.8) is 0 Å². The summed E-state index contributed by atoms with van der Waals surface area (Å²) in [6, 6.07) is 4.77. The maximum absolute atomic E-state index is 14.2. The van der Waals surface area contributed by atoms with Gasteiger partial charge >= 0.3 is 6.03 Å². The Morgan fingerprint density at radius 2 is 2.12 bits per heavy atom. The molecule has 0 atom stereocenters. The summed E-state index contributed by atoms with van der Waals surface area (Å²) in [5, 5.41) is 14.8. The van der Waals surface area contributed by atoms with Gasteiger partial charge in [0.1, 0.15) is 5.82 Å². The number of hydrogen-bond acceptors (Lipinski definition) is 3. The fraction of sp³-hybridized carbons (Fsp3) is 0.444. The van der Waals surface area contributed by atoms with E-state index in [9.17, 15) is 9.18 Å². The van der Waals surface area contributed by atoms with E-state index in [0.29, 0.717) is 17.2 Å². The van der Waals surface area contributed by atoms with Gasteiger partial charge in [-0.25, -0.2) is 14.2 Å². The number of halogens is 1. The smallest absolute Gasteiger partial charge is 0.315 e. The first-order valence-electron chi connectivity index (χ1n) is 8.57. The Labute approximate surface area is 146 Å². The Morgan fingerprint density at radius 3 is 2.76 bits per heavy atom. The topological polar surface area (TPSA) is 79.2 Å². The lowest BCUT2D eigenvalue weighted by Crippen LogP contribution is -2.43. The van der Waals surface area contributed by atoms with Gasteiger partial charge in [-0.3, -0.25) is 0 Å². The zero-order valence-electron chi connectivity index (χ0n) is 14.0. The second kappa shape index (κ2) is 8.11. The molecule has 6 nitrogen and oxygen atoms in total. The molecule has 0 spiro atoms. The van der Waals surface area contributed by atoms with Crippen LogP contribution in [-0.2, 0) is 6.54 Å². The van der Waals surface area contributed by atoms with Gasteiger partial charge in [-0.2, -0.15) is 0 Å². The van der Waals surface area contributed by atoms with Crippen LogP contribution in [0.3, 0.4) is 0 Å². The number of amides is 2. The summed E-state index contributed by atoms with van der Waals surface area (Å²) >= 11 is 0. The summed E-state index contributed by atoms with van der Waals surface area (Å²) < 4.78 is 15.8. The van der Waals surface area contributed by atoms with E-state index in [1.807, 2.05) is 0 Å². The number of aliphatic hydroxyl groups excluding tert-OH is 1.